The maximum absolute atomic E-state index is 13.4. The molecule has 0 unspecified atom stereocenters. The number of hydrogen-bond acceptors (Lipinski definition) is 5. The Hall–Kier alpha value is -4.33. The van der Waals surface area contributed by atoms with Crippen molar-refractivity contribution >= 4 is 0 Å². The predicted molar refractivity (Wildman–Crippen MR) is 131 cm³/mol. The van der Waals surface area contributed by atoms with Gasteiger partial charge in [-0.05, 0) is 53.1 Å². The predicted octanol–water partition coefficient (Wildman–Crippen LogP) is 4.27. The Balaban J connectivity index is 1.52. The number of aromatic amines is 1. The number of benzene rings is 2. The molecule has 0 spiro atoms. The Labute approximate surface area is 196 Å². The van der Waals surface area contributed by atoms with E-state index in [-0.39, 0.29) is 5.69 Å². The summed E-state index contributed by atoms with van der Waals surface area (Å²) in [5.74, 6) is 0.559. The van der Waals surface area contributed by atoms with E-state index in [1.807, 2.05) is 77.5 Å². The van der Waals surface area contributed by atoms with E-state index in [9.17, 15) is 4.79 Å². The molecule has 0 aliphatic rings. The third-order valence-corrected chi connectivity index (χ3v) is 5.82. The fourth-order valence-corrected chi connectivity index (χ4v) is 4.12. The van der Waals surface area contributed by atoms with Crippen LogP contribution in [0.4, 0.5) is 0 Å². The van der Waals surface area contributed by atoms with Crippen molar-refractivity contribution < 1.29 is 0 Å². The maximum atomic E-state index is 13.4. The number of rotatable bonds is 8. The minimum Gasteiger partial charge on any atom is -0.294 e. The molecular formula is C26H25N7O. The van der Waals surface area contributed by atoms with Gasteiger partial charge in [0.25, 0.3) is 0 Å². The molecule has 0 bridgehead atoms. The lowest BCUT2D eigenvalue weighted by Gasteiger charge is -2.10. The Morgan fingerprint density at radius 2 is 1.79 bits per heavy atom. The monoisotopic (exact) mass is 451 g/mol. The molecule has 0 aliphatic heterocycles. The van der Waals surface area contributed by atoms with Crippen LogP contribution in [0, 0.1) is 0 Å². The number of H-pyrrole nitrogens is 1. The molecule has 3 heterocycles. The zero-order chi connectivity index (χ0) is 23.3. The van der Waals surface area contributed by atoms with Crippen LogP contribution in [-0.4, -0.2) is 34.7 Å². The average molecular weight is 452 g/mol. The largest absolute Gasteiger partial charge is 0.333 e. The van der Waals surface area contributed by atoms with Gasteiger partial charge in [0.2, 0.25) is 0 Å². The SMILES string of the molecule is CCCCc1cn(Cc2ccccc2)c(=O)n1-c1ccc(-c2ncccc2-c2nnn[nH]2)cc1. The van der Waals surface area contributed by atoms with E-state index in [4.69, 9.17) is 0 Å². The first-order chi connectivity index (χ1) is 16.7. The van der Waals surface area contributed by atoms with Gasteiger partial charge in [-0.25, -0.2) is 9.89 Å². The van der Waals surface area contributed by atoms with Crippen LogP contribution in [-0.2, 0) is 13.0 Å². The van der Waals surface area contributed by atoms with Crippen molar-refractivity contribution in [1.29, 1.82) is 0 Å². The summed E-state index contributed by atoms with van der Waals surface area (Å²) in [6.45, 7) is 2.71. The van der Waals surface area contributed by atoms with E-state index < -0.39 is 0 Å². The highest BCUT2D eigenvalue weighted by Gasteiger charge is 2.15. The van der Waals surface area contributed by atoms with Crippen molar-refractivity contribution in [2.24, 2.45) is 0 Å². The van der Waals surface area contributed by atoms with Crippen molar-refractivity contribution in [2.75, 3.05) is 0 Å². The Morgan fingerprint density at radius 1 is 0.971 bits per heavy atom. The highest BCUT2D eigenvalue weighted by atomic mass is 16.1. The quantitative estimate of drug-likeness (QED) is 0.380. The maximum Gasteiger partial charge on any atom is 0.333 e. The first-order valence-electron chi connectivity index (χ1n) is 11.4. The van der Waals surface area contributed by atoms with Crippen LogP contribution in [0.2, 0.25) is 0 Å². The molecule has 0 atom stereocenters. The summed E-state index contributed by atoms with van der Waals surface area (Å²) in [4.78, 5) is 18.0. The average Bonchev–Trinajstić information content (AvgIpc) is 3.52. The highest BCUT2D eigenvalue weighted by Crippen LogP contribution is 2.28. The molecule has 0 saturated heterocycles. The summed E-state index contributed by atoms with van der Waals surface area (Å²) < 4.78 is 3.62. The molecule has 170 valence electrons. The van der Waals surface area contributed by atoms with E-state index in [1.54, 1.807) is 10.8 Å². The first-order valence-corrected chi connectivity index (χ1v) is 11.4. The van der Waals surface area contributed by atoms with Gasteiger partial charge in [-0.15, -0.1) is 5.10 Å². The van der Waals surface area contributed by atoms with Crippen molar-refractivity contribution in [1.82, 2.24) is 34.7 Å². The Bertz CT molecular complexity index is 1420. The summed E-state index contributed by atoms with van der Waals surface area (Å²) in [5.41, 5.74) is 5.43. The van der Waals surface area contributed by atoms with Gasteiger partial charge < -0.3 is 0 Å². The molecule has 8 nitrogen and oxygen atoms in total. The van der Waals surface area contributed by atoms with Crippen molar-refractivity contribution in [3.05, 3.63) is 101 Å². The zero-order valence-corrected chi connectivity index (χ0v) is 18.9. The van der Waals surface area contributed by atoms with Crippen LogP contribution in [0.1, 0.15) is 31.0 Å². The zero-order valence-electron chi connectivity index (χ0n) is 18.9. The van der Waals surface area contributed by atoms with E-state index in [1.165, 1.54) is 0 Å². The molecule has 1 N–H and O–H groups in total. The molecular weight excluding hydrogens is 426 g/mol. The lowest BCUT2D eigenvalue weighted by atomic mass is 10.0. The number of imidazole rings is 1. The number of aryl methyl sites for hydroxylation is 1. The number of nitrogens with one attached hydrogen (secondary N) is 1. The molecule has 0 saturated carbocycles. The lowest BCUT2D eigenvalue weighted by Crippen LogP contribution is -2.24. The molecule has 34 heavy (non-hydrogen) atoms. The van der Waals surface area contributed by atoms with Crippen LogP contribution in [0.5, 0.6) is 0 Å². The van der Waals surface area contributed by atoms with Crippen LogP contribution < -0.4 is 5.69 Å². The second-order valence-electron chi connectivity index (χ2n) is 8.15. The van der Waals surface area contributed by atoms with E-state index >= 15 is 0 Å². The summed E-state index contributed by atoms with van der Waals surface area (Å²) >= 11 is 0. The second-order valence-corrected chi connectivity index (χ2v) is 8.15. The molecule has 2 aromatic carbocycles. The fourth-order valence-electron chi connectivity index (χ4n) is 4.12. The molecule has 0 radical (unpaired) electrons. The highest BCUT2D eigenvalue weighted by molar-refractivity contribution is 5.77. The number of pyridine rings is 1. The summed E-state index contributed by atoms with van der Waals surface area (Å²) in [6.07, 6.45) is 6.67. The molecule has 8 heteroatoms. The van der Waals surface area contributed by atoms with Gasteiger partial charge in [0.05, 0.1) is 17.9 Å². The Morgan fingerprint density at radius 3 is 2.53 bits per heavy atom. The van der Waals surface area contributed by atoms with E-state index in [0.29, 0.717) is 12.4 Å². The van der Waals surface area contributed by atoms with Gasteiger partial charge in [0.15, 0.2) is 5.82 Å². The molecule has 5 rings (SSSR count). The van der Waals surface area contributed by atoms with Crippen LogP contribution in [0.25, 0.3) is 28.3 Å². The standard InChI is InChI=1S/C26H25N7O/c1-2-3-10-22-18-32(17-19-8-5-4-6-9-19)26(34)33(22)21-14-12-20(13-15-21)24-23(11-7-16-27-24)25-28-30-31-29-25/h4-9,11-16,18H,2-3,10,17H2,1H3,(H,28,29,30,31). The number of aromatic nitrogens is 7. The summed E-state index contributed by atoms with van der Waals surface area (Å²) in [5, 5.41) is 14.2. The summed E-state index contributed by atoms with van der Waals surface area (Å²) in [6, 6.07) is 21.7. The van der Waals surface area contributed by atoms with Gasteiger partial charge in [-0.1, -0.05) is 55.8 Å². The fraction of sp³-hybridized carbons (Fsp3) is 0.192. The topological polar surface area (TPSA) is 94.3 Å². The van der Waals surface area contributed by atoms with Crippen molar-refractivity contribution in [3.63, 3.8) is 0 Å². The molecule has 0 fully saturated rings. The van der Waals surface area contributed by atoms with Gasteiger partial charge in [-0.3, -0.25) is 14.1 Å². The number of hydrogen-bond donors (Lipinski definition) is 1. The molecule has 0 aliphatic carbocycles. The first kappa shape index (κ1) is 21.5. The number of nitrogens with zero attached hydrogens (tertiary/aromatic N) is 6. The Kier molecular flexibility index (Phi) is 6.11. The second kappa shape index (κ2) is 9.66. The molecule has 5 aromatic rings. The van der Waals surface area contributed by atoms with Crippen LogP contribution in [0.15, 0.2) is 83.9 Å². The van der Waals surface area contributed by atoms with Gasteiger partial charge >= 0.3 is 5.69 Å². The van der Waals surface area contributed by atoms with Gasteiger partial charge in [0.1, 0.15) is 0 Å². The minimum absolute atomic E-state index is 0.0334. The third-order valence-electron chi connectivity index (χ3n) is 5.82. The van der Waals surface area contributed by atoms with Gasteiger partial charge in [-0.2, -0.15) is 0 Å². The van der Waals surface area contributed by atoms with Crippen LogP contribution in [0.3, 0.4) is 0 Å². The van der Waals surface area contributed by atoms with Crippen molar-refractivity contribution in [3.8, 4) is 28.3 Å². The molecule has 3 aromatic heterocycles. The normalized spacial score (nSPS) is 11.1. The summed E-state index contributed by atoms with van der Waals surface area (Å²) in [7, 11) is 0. The minimum atomic E-state index is -0.0334. The van der Waals surface area contributed by atoms with Gasteiger partial charge in [0, 0.05) is 29.2 Å². The van der Waals surface area contributed by atoms with Crippen molar-refractivity contribution in [2.45, 2.75) is 32.7 Å². The number of unbranched alkanes of at least 4 members (excludes halogenated alkanes) is 1. The number of tetrazole rings is 1. The lowest BCUT2D eigenvalue weighted by molar-refractivity contribution is 0.735. The van der Waals surface area contributed by atoms with E-state index in [0.717, 1.165) is 53.0 Å². The van der Waals surface area contributed by atoms with E-state index in [2.05, 4.69) is 32.5 Å². The third kappa shape index (κ3) is 4.30. The smallest absolute Gasteiger partial charge is 0.294 e. The van der Waals surface area contributed by atoms with Crippen LogP contribution >= 0.6 is 0 Å². The molecule has 0 amide bonds.